The number of aromatic hydroxyl groups is 1. The van der Waals surface area contributed by atoms with Crippen LogP contribution in [0.3, 0.4) is 0 Å². The number of hydrogen-bond acceptors (Lipinski definition) is 8. The average molecular weight is 550 g/mol. The number of amides is 1. The van der Waals surface area contributed by atoms with E-state index in [2.05, 4.69) is 10.3 Å². The predicted molar refractivity (Wildman–Crippen MR) is 139 cm³/mol. The first-order valence-corrected chi connectivity index (χ1v) is 12.5. The first-order chi connectivity index (χ1) is 17.7. The van der Waals surface area contributed by atoms with Crippen molar-refractivity contribution in [3.63, 3.8) is 0 Å². The lowest BCUT2D eigenvalue weighted by molar-refractivity contribution is -0.151. The number of carboxylic acids is 1. The number of H-pyrrole nitrogens is 1. The van der Waals surface area contributed by atoms with Gasteiger partial charge in [-0.2, -0.15) is 0 Å². The number of aliphatic carboxylic acids is 1. The minimum Gasteiger partial charge on any atom is -0.503 e. The predicted octanol–water partition coefficient (Wildman–Crippen LogP) is 3.29. The number of nitrogens with zero attached hydrogens (tertiary/aromatic N) is 1. The standard InChI is InChI=1S/C25H29F2N5O5S/c1-24(23(36)37)6-8-25(30-2,9-7-24)32(3)22(35)18-20(34)19(33)15(12-31-18)21(29)38-17(28)10-13-4-5-14(26)11-16(13)27/h4-5,11-12,28-30,34H,6-10H2,1-3H3,(H,31,33)(H,36,37). The van der Waals surface area contributed by atoms with Gasteiger partial charge in [-0.25, -0.2) is 8.78 Å². The summed E-state index contributed by atoms with van der Waals surface area (Å²) in [6, 6.07) is 2.92. The number of aromatic nitrogens is 1. The van der Waals surface area contributed by atoms with E-state index < -0.39 is 56.5 Å². The quantitative estimate of drug-likeness (QED) is 0.175. The van der Waals surface area contributed by atoms with Gasteiger partial charge in [0.25, 0.3) is 5.91 Å². The molecule has 1 aliphatic carbocycles. The number of rotatable bonds is 7. The number of carbonyl (C=O) groups excluding carboxylic acids is 1. The number of carboxylic acid groups (broad SMARTS) is 1. The molecule has 0 radical (unpaired) electrons. The topological polar surface area (TPSA) is 170 Å². The number of carbonyl (C=O) groups is 2. The van der Waals surface area contributed by atoms with Crippen molar-refractivity contribution in [2.45, 2.75) is 44.7 Å². The molecule has 13 heteroatoms. The minimum absolute atomic E-state index is 0.0438. The fourth-order valence-corrected chi connectivity index (χ4v) is 5.18. The Labute approximate surface area is 221 Å². The van der Waals surface area contributed by atoms with Crippen molar-refractivity contribution in [3.05, 3.63) is 63.1 Å². The zero-order valence-corrected chi connectivity index (χ0v) is 21.9. The van der Waals surface area contributed by atoms with Crippen molar-refractivity contribution < 1.29 is 28.6 Å². The van der Waals surface area contributed by atoms with Gasteiger partial charge in [0.05, 0.1) is 21.7 Å². The maximum absolute atomic E-state index is 13.9. The van der Waals surface area contributed by atoms with Crippen molar-refractivity contribution in [1.29, 1.82) is 10.8 Å². The molecule has 0 saturated heterocycles. The van der Waals surface area contributed by atoms with E-state index in [0.29, 0.717) is 43.5 Å². The highest BCUT2D eigenvalue weighted by molar-refractivity contribution is 8.26. The lowest BCUT2D eigenvalue weighted by atomic mass is 9.71. The summed E-state index contributed by atoms with van der Waals surface area (Å²) >= 11 is 0.553. The first kappa shape index (κ1) is 29.0. The average Bonchev–Trinajstić information content (AvgIpc) is 2.87. The molecule has 1 amide bonds. The van der Waals surface area contributed by atoms with Gasteiger partial charge >= 0.3 is 5.97 Å². The van der Waals surface area contributed by atoms with E-state index in [1.54, 1.807) is 14.0 Å². The van der Waals surface area contributed by atoms with Crippen LogP contribution in [0.1, 0.15) is 54.2 Å². The lowest BCUT2D eigenvalue weighted by Crippen LogP contribution is -2.61. The maximum Gasteiger partial charge on any atom is 0.309 e. The van der Waals surface area contributed by atoms with Crippen LogP contribution in [0.25, 0.3) is 0 Å². The normalized spacial score (nSPS) is 21.1. The van der Waals surface area contributed by atoms with Gasteiger partial charge in [0.2, 0.25) is 5.43 Å². The van der Waals surface area contributed by atoms with Gasteiger partial charge in [-0.05, 0) is 51.3 Å². The van der Waals surface area contributed by atoms with Crippen LogP contribution in [-0.4, -0.2) is 61.8 Å². The van der Waals surface area contributed by atoms with Crippen molar-refractivity contribution >= 4 is 33.7 Å². The number of thioether (sulfide) groups is 1. The van der Waals surface area contributed by atoms with Crippen LogP contribution in [0.15, 0.2) is 29.2 Å². The van der Waals surface area contributed by atoms with Gasteiger partial charge in [-0.1, -0.05) is 17.8 Å². The molecule has 0 atom stereocenters. The van der Waals surface area contributed by atoms with Crippen molar-refractivity contribution in [2.75, 3.05) is 14.1 Å². The summed E-state index contributed by atoms with van der Waals surface area (Å²) in [6.45, 7) is 1.65. The Morgan fingerprint density at radius 1 is 1.21 bits per heavy atom. The molecule has 2 aromatic rings. The van der Waals surface area contributed by atoms with Crippen molar-refractivity contribution in [3.8, 4) is 5.75 Å². The molecule has 0 bridgehead atoms. The third-order valence-electron chi connectivity index (χ3n) is 7.22. The molecular weight excluding hydrogens is 520 g/mol. The molecule has 204 valence electrons. The Morgan fingerprint density at radius 3 is 2.39 bits per heavy atom. The Morgan fingerprint density at radius 2 is 1.84 bits per heavy atom. The summed E-state index contributed by atoms with van der Waals surface area (Å²) in [5.74, 6) is -4.13. The minimum atomic E-state index is -1.00. The SMILES string of the molecule is CNC1(N(C)C(=O)c2[nH]cc(C(=N)SC(=N)Cc3ccc(F)cc3F)c(=O)c2O)CCC(C)(C(=O)O)CC1. The second-order valence-electron chi connectivity index (χ2n) is 9.53. The largest absolute Gasteiger partial charge is 0.503 e. The number of aromatic amines is 1. The summed E-state index contributed by atoms with van der Waals surface area (Å²) < 4.78 is 27.0. The fourth-order valence-electron chi connectivity index (χ4n) is 4.45. The van der Waals surface area contributed by atoms with Crippen LogP contribution < -0.4 is 10.7 Å². The summed E-state index contributed by atoms with van der Waals surface area (Å²) in [6.07, 6.45) is 2.12. The van der Waals surface area contributed by atoms with Crippen LogP contribution in [0.4, 0.5) is 8.78 Å². The smallest absolute Gasteiger partial charge is 0.309 e. The van der Waals surface area contributed by atoms with Gasteiger partial charge < -0.3 is 20.1 Å². The Hall–Kier alpha value is -3.58. The number of benzene rings is 1. The molecule has 1 heterocycles. The maximum atomic E-state index is 13.9. The molecule has 1 aromatic heterocycles. The molecule has 1 fully saturated rings. The second kappa shape index (κ2) is 11.0. The van der Waals surface area contributed by atoms with Crippen molar-refractivity contribution in [2.24, 2.45) is 5.41 Å². The van der Waals surface area contributed by atoms with Gasteiger partial charge in [0.15, 0.2) is 11.4 Å². The molecule has 0 unspecified atom stereocenters. The van der Waals surface area contributed by atoms with E-state index in [9.17, 15) is 33.4 Å². The summed E-state index contributed by atoms with van der Waals surface area (Å²) in [5, 5.41) is 38.8. The molecule has 3 rings (SSSR count). The molecule has 1 aliphatic rings. The molecule has 0 aliphatic heterocycles. The summed E-state index contributed by atoms with van der Waals surface area (Å²) in [4.78, 5) is 41.6. The zero-order chi connectivity index (χ0) is 28.4. The molecule has 6 N–H and O–H groups in total. The fraction of sp³-hybridized carbons (Fsp3) is 0.400. The van der Waals surface area contributed by atoms with Gasteiger partial charge in [0.1, 0.15) is 16.7 Å². The summed E-state index contributed by atoms with van der Waals surface area (Å²) in [5.41, 5.74) is -3.47. The van der Waals surface area contributed by atoms with E-state index in [4.69, 9.17) is 10.8 Å². The van der Waals surface area contributed by atoms with E-state index >= 15 is 0 Å². The lowest BCUT2D eigenvalue weighted by Gasteiger charge is -2.48. The Bertz CT molecular complexity index is 1350. The van der Waals surface area contributed by atoms with Gasteiger partial charge in [-0.3, -0.25) is 30.5 Å². The molecule has 1 aromatic carbocycles. The molecular formula is C25H29F2N5O5S. The number of nitrogens with one attached hydrogen (secondary N) is 4. The highest BCUT2D eigenvalue weighted by Gasteiger charge is 2.47. The van der Waals surface area contributed by atoms with Crippen LogP contribution in [0.5, 0.6) is 5.75 Å². The highest BCUT2D eigenvalue weighted by atomic mass is 32.2. The molecule has 10 nitrogen and oxygen atoms in total. The van der Waals surface area contributed by atoms with E-state index in [-0.39, 0.29) is 22.6 Å². The number of hydrogen-bond donors (Lipinski definition) is 6. The number of pyridine rings is 1. The van der Waals surface area contributed by atoms with E-state index in [1.165, 1.54) is 18.0 Å². The zero-order valence-electron chi connectivity index (χ0n) is 21.1. The Kier molecular flexibility index (Phi) is 8.42. The van der Waals surface area contributed by atoms with Crippen LogP contribution in [0, 0.1) is 27.9 Å². The van der Waals surface area contributed by atoms with Gasteiger partial charge in [0, 0.05) is 25.7 Å². The van der Waals surface area contributed by atoms with Gasteiger partial charge in [-0.15, -0.1) is 0 Å². The first-order valence-electron chi connectivity index (χ1n) is 11.7. The van der Waals surface area contributed by atoms with Crippen LogP contribution in [-0.2, 0) is 11.2 Å². The third kappa shape index (κ3) is 5.63. The van der Waals surface area contributed by atoms with E-state index in [0.717, 1.165) is 12.3 Å². The Balaban J connectivity index is 1.76. The van der Waals surface area contributed by atoms with Crippen LogP contribution >= 0.6 is 11.8 Å². The third-order valence-corrected chi connectivity index (χ3v) is 8.03. The van der Waals surface area contributed by atoms with Crippen LogP contribution in [0.2, 0.25) is 0 Å². The number of halogens is 2. The monoisotopic (exact) mass is 549 g/mol. The summed E-state index contributed by atoms with van der Waals surface area (Å²) in [7, 11) is 3.13. The highest BCUT2D eigenvalue weighted by Crippen LogP contribution is 2.42. The second-order valence-corrected chi connectivity index (χ2v) is 10.6. The molecule has 1 saturated carbocycles. The van der Waals surface area contributed by atoms with E-state index in [1.807, 2.05) is 0 Å². The van der Waals surface area contributed by atoms with Crippen molar-refractivity contribution in [1.82, 2.24) is 15.2 Å². The molecule has 38 heavy (non-hydrogen) atoms. The molecule has 0 spiro atoms.